The lowest BCUT2D eigenvalue weighted by Gasteiger charge is -2.13. The summed E-state index contributed by atoms with van der Waals surface area (Å²) in [4.78, 5) is 11.3. The third-order valence-electron chi connectivity index (χ3n) is 3.88. The number of halogens is 1. The molecule has 0 fully saturated rings. The normalized spacial score (nSPS) is 10.8. The SMILES string of the molecule is CCc1c(-c2cc(C(=O)O)c(C)c(C)c2C)n[nH]c1F. The molecule has 0 radical (unpaired) electrons. The minimum atomic E-state index is -0.985. The lowest BCUT2D eigenvalue weighted by Crippen LogP contribution is -2.05. The highest BCUT2D eigenvalue weighted by atomic mass is 19.1. The van der Waals surface area contributed by atoms with Gasteiger partial charge in [-0.15, -0.1) is 0 Å². The van der Waals surface area contributed by atoms with E-state index in [4.69, 9.17) is 0 Å². The third kappa shape index (κ3) is 2.09. The van der Waals surface area contributed by atoms with Crippen molar-refractivity contribution in [2.24, 2.45) is 0 Å². The first-order valence-electron chi connectivity index (χ1n) is 6.45. The van der Waals surface area contributed by atoms with E-state index in [2.05, 4.69) is 10.2 Å². The number of aromatic amines is 1. The Bertz CT molecular complexity index is 690. The van der Waals surface area contributed by atoms with Crippen LogP contribution in [0.1, 0.15) is 39.5 Å². The topological polar surface area (TPSA) is 66.0 Å². The number of rotatable bonds is 3. The predicted molar refractivity (Wildman–Crippen MR) is 74.5 cm³/mol. The summed E-state index contributed by atoms with van der Waals surface area (Å²) in [6.45, 7) is 7.39. The molecular formula is C15H17FN2O2. The highest BCUT2D eigenvalue weighted by molar-refractivity contribution is 5.92. The highest BCUT2D eigenvalue weighted by Crippen LogP contribution is 2.31. The van der Waals surface area contributed by atoms with Crippen molar-refractivity contribution < 1.29 is 14.3 Å². The van der Waals surface area contributed by atoms with E-state index < -0.39 is 11.9 Å². The molecule has 20 heavy (non-hydrogen) atoms. The lowest BCUT2D eigenvalue weighted by atomic mass is 9.91. The Balaban J connectivity index is 2.77. The summed E-state index contributed by atoms with van der Waals surface area (Å²) in [6.07, 6.45) is 0.492. The summed E-state index contributed by atoms with van der Waals surface area (Å²) in [5.41, 5.74) is 4.42. The molecule has 0 saturated heterocycles. The van der Waals surface area contributed by atoms with Crippen molar-refractivity contribution in [1.82, 2.24) is 10.2 Å². The lowest BCUT2D eigenvalue weighted by molar-refractivity contribution is 0.0696. The van der Waals surface area contributed by atoms with Crippen molar-refractivity contribution in [2.75, 3.05) is 0 Å². The van der Waals surface area contributed by atoms with Crippen molar-refractivity contribution in [3.05, 3.63) is 39.8 Å². The van der Waals surface area contributed by atoms with Crippen LogP contribution in [0.15, 0.2) is 6.07 Å². The van der Waals surface area contributed by atoms with Gasteiger partial charge in [0, 0.05) is 11.1 Å². The molecule has 0 unspecified atom stereocenters. The second kappa shape index (κ2) is 5.07. The molecule has 2 N–H and O–H groups in total. The number of aromatic nitrogens is 2. The molecular weight excluding hydrogens is 259 g/mol. The number of carboxylic acid groups (broad SMARTS) is 1. The molecule has 0 spiro atoms. The highest BCUT2D eigenvalue weighted by Gasteiger charge is 2.20. The zero-order chi connectivity index (χ0) is 15.0. The number of nitrogens with zero attached hydrogens (tertiary/aromatic N) is 1. The van der Waals surface area contributed by atoms with Gasteiger partial charge in [-0.25, -0.2) is 4.79 Å². The molecule has 106 valence electrons. The smallest absolute Gasteiger partial charge is 0.335 e. The molecule has 0 aliphatic carbocycles. The molecule has 5 heteroatoms. The molecule has 1 aromatic heterocycles. The number of aromatic carboxylic acids is 1. The van der Waals surface area contributed by atoms with Crippen molar-refractivity contribution in [1.29, 1.82) is 0 Å². The molecule has 2 aromatic rings. The summed E-state index contributed by atoms with van der Waals surface area (Å²) < 4.78 is 13.6. The second-order valence-electron chi connectivity index (χ2n) is 4.87. The van der Waals surface area contributed by atoms with Gasteiger partial charge >= 0.3 is 5.97 Å². The van der Waals surface area contributed by atoms with Crippen LogP contribution in [0, 0.1) is 26.7 Å². The van der Waals surface area contributed by atoms with Crippen LogP contribution in [0.5, 0.6) is 0 Å². The van der Waals surface area contributed by atoms with Crippen molar-refractivity contribution >= 4 is 5.97 Å². The average Bonchev–Trinajstić information content (AvgIpc) is 2.77. The van der Waals surface area contributed by atoms with Gasteiger partial charge in [0.15, 0.2) is 0 Å². The van der Waals surface area contributed by atoms with E-state index in [1.165, 1.54) is 0 Å². The van der Waals surface area contributed by atoms with Gasteiger partial charge in [-0.3, -0.25) is 5.10 Å². The summed E-state index contributed by atoms with van der Waals surface area (Å²) in [6, 6.07) is 1.58. The molecule has 1 aromatic carbocycles. The number of carbonyl (C=O) groups is 1. The van der Waals surface area contributed by atoms with Crippen LogP contribution in [0.4, 0.5) is 4.39 Å². The fourth-order valence-corrected chi connectivity index (χ4v) is 2.40. The van der Waals surface area contributed by atoms with E-state index in [1.807, 2.05) is 20.8 Å². The summed E-state index contributed by atoms with van der Waals surface area (Å²) in [5.74, 6) is -1.45. The second-order valence-corrected chi connectivity index (χ2v) is 4.87. The Morgan fingerprint density at radius 3 is 2.50 bits per heavy atom. The molecule has 0 aliphatic heterocycles. The van der Waals surface area contributed by atoms with E-state index in [9.17, 15) is 14.3 Å². The molecule has 1 heterocycles. The zero-order valence-electron chi connectivity index (χ0n) is 12.0. The first kappa shape index (κ1) is 14.2. The van der Waals surface area contributed by atoms with Crippen LogP contribution in [-0.2, 0) is 6.42 Å². The Hall–Kier alpha value is -2.17. The van der Waals surface area contributed by atoms with Crippen molar-refractivity contribution in [3.63, 3.8) is 0 Å². The van der Waals surface area contributed by atoms with Crippen LogP contribution in [0.3, 0.4) is 0 Å². The molecule has 0 bridgehead atoms. The van der Waals surface area contributed by atoms with Crippen molar-refractivity contribution in [2.45, 2.75) is 34.1 Å². The molecule has 2 rings (SSSR count). The number of hydrogen-bond acceptors (Lipinski definition) is 2. The van der Waals surface area contributed by atoms with Crippen LogP contribution < -0.4 is 0 Å². The maximum atomic E-state index is 13.6. The maximum absolute atomic E-state index is 13.6. The van der Waals surface area contributed by atoms with Crippen molar-refractivity contribution in [3.8, 4) is 11.3 Å². The van der Waals surface area contributed by atoms with Gasteiger partial charge < -0.3 is 5.11 Å². The molecule has 0 atom stereocenters. The number of carboxylic acids is 1. The van der Waals surface area contributed by atoms with Gasteiger partial charge in [-0.2, -0.15) is 9.49 Å². The molecule has 4 nitrogen and oxygen atoms in total. The van der Waals surface area contributed by atoms with Crippen LogP contribution in [-0.4, -0.2) is 21.3 Å². The Morgan fingerprint density at radius 1 is 1.30 bits per heavy atom. The zero-order valence-corrected chi connectivity index (χ0v) is 12.0. The first-order chi connectivity index (χ1) is 9.38. The number of hydrogen-bond donors (Lipinski definition) is 2. The molecule has 0 aliphatic rings. The summed E-state index contributed by atoms with van der Waals surface area (Å²) in [5, 5.41) is 15.6. The Labute approximate surface area is 116 Å². The number of H-pyrrole nitrogens is 1. The predicted octanol–water partition coefficient (Wildman–Crippen LogP) is 3.40. The van der Waals surface area contributed by atoms with E-state index in [-0.39, 0.29) is 5.56 Å². The maximum Gasteiger partial charge on any atom is 0.335 e. The Kier molecular flexibility index (Phi) is 3.61. The Morgan fingerprint density at radius 2 is 1.95 bits per heavy atom. The minimum absolute atomic E-state index is 0.230. The third-order valence-corrected chi connectivity index (χ3v) is 3.88. The van der Waals surface area contributed by atoms with E-state index >= 15 is 0 Å². The van der Waals surface area contributed by atoms with Gasteiger partial charge in [0.05, 0.1) is 11.3 Å². The molecule has 0 amide bonds. The molecule has 0 saturated carbocycles. The first-order valence-corrected chi connectivity index (χ1v) is 6.45. The number of benzene rings is 1. The monoisotopic (exact) mass is 276 g/mol. The van der Waals surface area contributed by atoms with Gasteiger partial charge in [0.1, 0.15) is 0 Å². The van der Waals surface area contributed by atoms with E-state index in [0.717, 1.165) is 16.7 Å². The minimum Gasteiger partial charge on any atom is -0.478 e. The van der Waals surface area contributed by atoms with Crippen LogP contribution in [0.2, 0.25) is 0 Å². The van der Waals surface area contributed by atoms with E-state index in [1.54, 1.807) is 13.0 Å². The number of nitrogens with one attached hydrogen (secondary N) is 1. The van der Waals surface area contributed by atoms with E-state index in [0.29, 0.717) is 23.2 Å². The summed E-state index contributed by atoms with van der Waals surface area (Å²) in [7, 11) is 0. The quantitative estimate of drug-likeness (QED) is 0.903. The fraction of sp³-hybridized carbons (Fsp3) is 0.333. The van der Waals surface area contributed by atoms with Gasteiger partial charge in [-0.05, 0) is 49.9 Å². The van der Waals surface area contributed by atoms with Gasteiger partial charge in [-0.1, -0.05) is 6.92 Å². The van der Waals surface area contributed by atoms with Gasteiger partial charge in [0.25, 0.3) is 0 Å². The summed E-state index contributed by atoms with van der Waals surface area (Å²) >= 11 is 0. The largest absolute Gasteiger partial charge is 0.478 e. The fourth-order valence-electron chi connectivity index (χ4n) is 2.40. The van der Waals surface area contributed by atoms with Crippen LogP contribution in [0.25, 0.3) is 11.3 Å². The average molecular weight is 276 g/mol. The standard InChI is InChI=1S/C15H17FN2O2/c1-5-10-13(17-18-14(10)16)11-6-12(15(19)20)9(4)7(2)8(11)3/h6H,5H2,1-4H3,(H,17,18)(H,19,20). The van der Waals surface area contributed by atoms with Crippen LogP contribution >= 0.6 is 0 Å². The van der Waals surface area contributed by atoms with Gasteiger partial charge in [0.2, 0.25) is 5.95 Å².